The molecule has 16 heavy (non-hydrogen) atoms. The smallest absolute Gasteiger partial charge is 0.404 e. The van der Waals surface area contributed by atoms with Crippen molar-refractivity contribution in [3.8, 4) is 0 Å². The van der Waals surface area contributed by atoms with Gasteiger partial charge in [0, 0.05) is 7.05 Å². The van der Waals surface area contributed by atoms with Crippen LogP contribution in [0.1, 0.15) is 6.92 Å². The minimum atomic E-state index is -1.11. The highest BCUT2D eigenvalue weighted by Gasteiger charge is 2.20. The zero-order valence-electron chi connectivity index (χ0n) is 9.10. The van der Waals surface area contributed by atoms with E-state index in [2.05, 4.69) is 10.1 Å². The third-order valence-corrected chi connectivity index (χ3v) is 1.88. The molecule has 0 radical (unpaired) electrons. The maximum absolute atomic E-state index is 11.3. The van der Waals surface area contributed by atoms with E-state index in [0.29, 0.717) is 0 Å². The minimum absolute atomic E-state index is 0.0592. The number of carboxylic acids is 1. The van der Waals surface area contributed by atoms with Gasteiger partial charge in [0.15, 0.2) is 0 Å². The van der Waals surface area contributed by atoms with Crippen molar-refractivity contribution in [1.82, 2.24) is 10.2 Å². The van der Waals surface area contributed by atoms with Gasteiger partial charge >= 0.3 is 18.1 Å². The van der Waals surface area contributed by atoms with Gasteiger partial charge in [-0.3, -0.25) is 0 Å². The third-order valence-electron chi connectivity index (χ3n) is 1.88. The van der Waals surface area contributed by atoms with Crippen molar-refractivity contribution in [3.63, 3.8) is 0 Å². The summed E-state index contributed by atoms with van der Waals surface area (Å²) in [6.45, 7) is 1.39. The van der Waals surface area contributed by atoms with Crippen molar-refractivity contribution in [1.29, 1.82) is 0 Å². The molecule has 0 heterocycles. The lowest BCUT2D eigenvalue weighted by Gasteiger charge is -2.21. The van der Waals surface area contributed by atoms with Crippen molar-refractivity contribution in [3.05, 3.63) is 0 Å². The molecular weight excluding hydrogens is 218 g/mol. The SMILES string of the molecule is CC(C(=O)O)N(C)C(=O)NCCOC(N)=O. The second-order valence-corrected chi connectivity index (χ2v) is 3.02. The first-order valence-corrected chi connectivity index (χ1v) is 4.52. The Balaban J connectivity index is 3.88. The Bertz CT molecular complexity index is 281. The molecule has 1 unspecified atom stereocenters. The largest absolute Gasteiger partial charge is 0.480 e. The van der Waals surface area contributed by atoms with E-state index < -0.39 is 24.1 Å². The average molecular weight is 233 g/mol. The zero-order valence-corrected chi connectivity index (χ0v) is 9.10. The molecule has 0 bridgehead atoms. The van der Waals surface area contributed by atoms with Crippen LogP contribution >= 0.6 is 0 Å². The highest BCUT2D eigenvalue weighted by Crippen LogP contribution is 1.95. The second-order valence-electron chi connectivity index (χ2n) is 3.02. The standard InChI is InChI=1S/C8H15N3O5/c1-5(6(12)13)11(2)8(15)10-3-4-16-7(9)14/h5H,3-4H2,1-2H3,(H2,9,14)(H,10,15)(H,12,13). The fraction of sp³-hybridized carbons (Fsp3) is 0.625. The van der Waals surface area contributed by atoms with Crippen LogP contribution in [-0.4, -0.2) is 54.3 Å². The van der Waals surface area contributed by atoms with Crippen molar-refractivity contribution >= 4 is 18.1 Å². The van der Waals surface area contributed by atoms with Crippen LogP contribution in [0.2, 0.25) is 0 Å². The number of likely N-dealkylation sites (N-methyl/N-ethyl adjacent to an activating group) is 1. The fourth-order valence-electron chi connectivity index (χ4n) is 0.776. The lowest BCUT2D eigenvalue weighted by atomic mass is 10.3. The molecule has 0 fully saturated rings. The Kier molecular flexibility index (Phi) is 5.68. The molecule has 0 aliphatic rings. The van der Waals surface area contributed by atoms with Crippen molar-refractivity contribution in [2.75, 3.05) is 20.2 Å². The second kappa shape index (κ2) is 6.49. The maximum Gasteiger partial charge on any atom is 0.404 e. The highest BCUT2D eigenvalue weighted by molar-refractivity contribution is 5.82. The fourth-order valence-corrected chi connectivity index (χ4v) is 0.776. The summed E-state index contributed by atoms with van der Waals surface area (Å²) in [6.07, 6.45) is -0.929. The number of ether oxygens (including phenoxy) is 1. The molecule has 0 rings (SSSR count). The molecule has 8 heteroatoms. The Morgan fingerprint density at radius 1 is 1.50 bits per heavy atom. The van der Waals surface area contributed by atoms with E-state index in [9.17, 15) is 14.4 Å². The number of carbonyl (C=O) groups excluding carboxylic acids is 2. The number of hydrogen-bond acceptors (Lipinski definition) is 4. The molecule has 0 saturated heterocycles. The predicted molar refractivity (Wildman–Crippen MR) is 53.8 cm³/mol. The van der Waals surface area contributed by atoms with Crippen LogP contribution in [0, 0.1) is 0 Å². The Hall–Kier alpha value is -1.99. The van der Waals surface area contributed by atoms with E-state index in [0.717, 1.165) is 4.90 Å². The van der Waals surface area contributed by atoms with Gasteiger partial charge in [0.1, 0.15) is 12.6 Å². The van der Waals surface area contributed by atoms with Gasteiger partial charge in [-0.05, 0) is 6.92 Å². The van der Waals surface area contributed by atoms with Crippen LogP contribution in [0.25, 0.3) is 0 Å². The van der Waals surface area contributed by atoms with E-state index in [1.54, 1.807) is 0 Å². The topological polar surface area (TPSA) is 122 Å². The van der Waals surface area contributed by atoms with Gasteiger partial charge in [-0.1, -0.05) is 0 Å². The molecule has 92 valence electrons. The minimum Gasteiger partial charge on any atom is -0.480 e. The molecule has 0 aliphatic carbocycles. The number of carboxylic acid groups (broad SMARTS) is 1. The number of urea groups is 1. The van der Waals surface area contributed by atoms with Gasteiger partial charge in [-0.25, -0.2) is 14.4 Å². The lowest BCUT2D eigenvalue weighted by Crippen LogP contribution is -2.46. The molecule has 1 atom stereocenters. The number of aliphatic carboxylic acids is 1. The molecule has 0 aromatic heterocycles. The van der Waals surface area contributed by atoms with Gasteiger partial charge in [0.25, 0.3) is 0 Å². The molecule has 0 spiro atoms. The molecule has 8 nitrogen and oxygen atoms in total. The third kappa shape index (κ3) is 5.03. The van der Waals surface area contributed by atoms with Crippen LogP contribution in [0.5, 0.6) is 0 Å². The molecule has 0 aromatic rings. The number of primary amides is 1. The van der Waals surface area contributed by atoms with Crippen LogP contribution in [0.3, 0.4) is 0 Å². The average Bonchev–Trinajstić information content (AvgIpc) is 2.21. The van der Waals surface area contributed by atoms with Gasteiger partial charge in [-0.15, -0.1) is 0 Å². The maximum atomic E-state index is 11.3. The van der Waals surface area contributed by atoms with Crippen molar-refractivity contribution in [2.24, 2.45) is 5.73 Å². The van der Waals surface area contributed by atoms with Crippen LogP contribution < -0.4 is 11.1 Å². The lowest BCUT2D eigenvalue weighted by molar-refractivity contribution is -0.141. The number of nitrogens with one attached hydrogen (secondary N) is 1. The van der Waals surface area contributed by atoms with E-state index in [-0.39, 0.29) is 13.2 Å². The summed E-state index contributed by atoms with van der Waals surface area (Å²) in [4.78, 5) is 33.1. The Morgan fingerprint density at radius 2 is 2.06 bits per heavy atom. The zero-order chi connectivity index (χ0) is 12.7. The number of carbonyl (C=O) groups is 3. The molecule has 0 saturated carbocycles. The van der Waals surface area contributed by atoms with Crippen LogP contribution in [-0.2, 0) is 9.53 Å². The Morgan fingerprint density at radius 3 is 2.50 bits per heavy atom. The van der Waals surface area contributed by atoms with Gasteiger partial charge in [0.05, 0.1) is 6.54 Å². The number of amides is 3. The van der Waals surface area contributed by atoms with Gasteiger partial charge < -0.3 is 25.8 Å². The van der Waals surface area contributed by atoms with Crippen molar-refractivity contribution < 1.29 is 24.2 Å². The Labute approximate surface area is 92.3 Å². The summed E-state index contributed by atoms with van der Waals surface area (Å²) < 4.78 is 4.37. The summed E-state index contributed by atoms with van der Waals surface area (Å²) in [6, 6.07) is -1.50. The quantitative estimate of drug-likeness (QED) is 0.536. The summed E-state index contributed by atoms with van der Waals surface area (Å²) in [7, 11) is 1.35. The number of hydrogen-bond donors (Lipinski definition) is 3. The monoisotopic (exact) mass is 233 g/mol. The highest BCUT2D eigenvalue weighted by atomic mass is 16.5. The first-order valence-electron chi connectivity index (χ1n) is 4.52. The van der Waals surface area contributed by atoms with Crippen LogP contribution in [0.15, 0.2) is 0 Å². The van der Waals surface area contributed by atoms with E-state index >= 15 is 0 Å². The molecular formula is C8H15N3O5. The number of nitrogens with zero attached hydrogens (tertiary/aromatic N) is 1. The summed E-state index contributed by atoms with van der Waals surface area (Å²) in [5.41, 5.74) is 4.70. The summed E-state index contributed by atoms with van der Waals surface area (Å²) in [5.74, 6) is -1.11. The summed E-state index contributed by atoms with van der Waals surface area (Å²) >= 11 is 0. The summed E-state index contributed by atoms with van der Waals surface area (Å²) in [5, 5.41) is 11.0. The molecule has 4 N–H and O–H groups in total. The molecule has 0 aliphatic heterocycles. The first kappa shape index (κ1) is 14.0. The van der Waals surface area contributed by atoms with E-state index in [1.165, 1.54) is 14.0 Å². The predicted octanol–water partition coefficient (Wildman–Crippen LogP) is -0.804. The van der Waals surface area contributed by atoms with Gasteiger partial charge in [0.2, 0.25) is 0 Å². The molecule has 0 aromatic carbocycles. The number of rotatable bonds is 5. The van der Waals surface area contributed by atoms with E-state index in [4.69, 9.17) is 10.8 Å². The van der Waals surface area contributed by atoms with Gasteiger partial charge in [-0.2, -0.15) is 0 Å². The van der Waals surface area contributed by atoms with Crippen LogP contribution in [0.4, 0.5) is 9.59 Å². The van der Waals surface area contributed by atoms with Crippen molar-refractivity contribution in [2.45, 2.75) is 13.0 Å². The number of nitrogens with two attached hydrogens (primary N) is 1. The normalized spacial score (nSPS) is 11.4. The van der Waals surface area contributed by atoms with E-state index in [1.807, 2.05) is 0 Å². The first-order chi connectivity index (χ1) is 7.36. The molecule has 3 amide bonds.